The molecule has 1 aliphatic carbocycles. The van der Waals surface area contributed by atoms with E-state index < -0.39 is 0 Å². The maximum Gasteiger partial charge on any atom is 0.0651 e. The molecule has 1 heterocycles. The summed E-state index contributed by atoms with van der Waals surface area (Å²) in [4.78, 5) is 0. The van der Waals surface area contributed by atoms with Crippen LogP contribution in [0.25, 0.3) is 0 Å². The van der Waals surface area contributed by atoms with Crippen molar-refractivity contribution < 1.29 is 0 Å². The molecule has 1 aromatic heterocycles. The van der Waals surface area contributed by atoms with Gasteiger partial charge in [0, 0.05) is 6.20 Å². The fraction of sp³-hybridized carbons (Fsp3) is 0.636. The van der Waals surface area contributed by atoms with Gasteiger partial charge in [0.1, 0.15) is 0 Å². The first-order chi connectivity index (χ1) is 6.79. The Morgan fingerprint density at radius 1 is 1.71 bits per heavy atom. The molecule has 0 bridgehead atoms. The Labute approximate surface area is 84.3 Å². The van der Waals surface area contributed by atoms with Crippen molar-refractivity contribution in [2.75, 3.05) is 0 Å². The highest BCUT2D eigenvalue weighted by Crippen LogP contribution is 2.37. The van der Waals surface area contributed by atoms with Gasteiger partial charge in [-0.2, -0.15) is 10.4 Å². The van der Waals surface area contributed by atoms with Crippen molar-refractivity contribution in [3.8, 4) is 6.07 Å². The fourth-order valence-electron chi connectivity index (χ4n) is 1.76. The molecular weight excluding hydrogens is 174 g/mol. The molecule has 1 unspecified atom stereocenters. The lowest BCUT2D eigenvalue weighted by Gasteiger charge is -2.13. The fourth-order valence-corrected chi connectivity index (χ4v) is 1.76. The SMILES string of the molecule is Cc1cnn(C(CC#N)CC2CC2)c1. The van der Waals surface area contributed by atoms with Crippen LogP contribution in [-0.2, 0) is 0 Å². The Hall–Kier alpha value is -1.30. The van der Waals surface area contributed by atoms with Crippen LogP contribution in [0, 0.1) is 24.2 Å². The molecule has 1 saturated carbocycles. The third kappa shape index (κ3) is 2.14. The summed E-state index contributed by atoms with van der Waals surface area (Å²) < 4.78 is 1.96. The highest BCUT2D eigenvalue weighted by molar-refractivity contribution is 5.01. The minimum atomic E-state index is 0.293. The molecule has 2 rings (SSSR count). The maximum atomic E-state index is 8.75. The topological polar surface area (TPSA) is 41.6 Å². The second-order valence-electron chi connectivity index (χ2n) is 4.19. The molecule has 14 heavy (non-hydrogen) atoms. The van der Waals surface area contributed by atoms with Gasteiger partial charge in [-0.25, -0.2) is 0 Å². The molecule has 3 nitrogen and oxygen atoms in total. The third-order valence-electron chi connectivity index (χ3n) is 2.73. The normalized spacial score (nSPS) is 17.7. The minimum absolute atomic E-state index is 0.293. The Morgan fingerprint density at radius 2 is 2.50 bits per heavy atom. The summed E-state index contributed by atoms with van der Waals surface area (Å²) in [5.74, 6) is 0.845. The number of hydrogen-bond acceptors (Lipinski definition) is 2. The van der Waals surface area contributed by atoms with Gasteiger partial charge < -0.3 is 0 Å². The van der Waals surface area contributed by atoms with Gasteiger partial charge in [0.25, 0.3) is 0 Å². The summed E-state index contributed by atoms with van der Waals surface area (Å²) in [6.45, 7) is 2.03. The molecule has 0 N–H and O–H groups in total. The van der Waals surface area contributed by atoms with Crippen LogP contribution in [0.2, 0.25) is 0 Å². The molecule has 0 aromatic carbocycles. The van der Waals surface area contributed by atoms with Gasteiger partial charge in [-0.05, 0) is 24.8 Å². The first kappa shape index (κ1) is 9.26. The van der Waals surface area contributed by atoms with E-state index in [1.807, 2.05) is 24.0 Å². The maximum absolute atomic E-state index is 8.75. The Morgan fingerprint density at radius 3 is 3.00 bits per heavy atom. The predicted octanol–water partition coefficient (Wildman–Crippen LogP) is 2.45. The highest BCUT2D eigenvalue weighted by Gasteiger charge is 2.26. The average Bonchev–Trinajstić information content (AvgIpc) is 2.87. The van der Waals surface area contributed by atoms with E-state index in [1.54, 1.807) is 0 Å². The Bertz CT molecular complexity index is 344. The standard InChI is InChI=1S/C11H15N3/c1-9-7-13-14(8-9)11(4-5-12)6-10-2-3-10/h7-8,10-11H,2-4,6H2,1H3. The van der Waals surface area contributed by atoms with Crippen molar-refractivity contribution in [1.29, 1.82) is 5.26 Å². The van der Waals surface area contributed by atoms with Crippen LogP contribution in [0.15, 0.2) is 12.4 Å². The van der Waals surface area contributed by atoms with Gasteiger partial charge in [0.15, 0.2) is 0 Å². The first-order valence-electron chi connectivity index (χ1n) is 5.17. The average molecular weight is 189 g/mol. The number of rotatable bonds is 4. The van der Waals surface area contributed by atoms with Crippen molar-refractivity contribution in [2.24, 2.45) is 5.92 Å². The van der Waals surface area contributed by atoms with E-state index in [9.17, 15) is 0 Å². The van der Waals surface area contributed by atoms with Crippen molar-refractivity contribution in [3.63, 3.8) is 0 Å². The van der Waals surface area contributed by atoms with E-state index in [0.717, 1.165) is 12.3 Å². The molecule has 0 spiro atoms. The summed E-state index contributed by atoms with van der Waals surface area (Å²) in [5, 5.41) is 13.0. The summed E-state index contributed by atoms with van der Waals surface area (Å²) >= 11 is 0. The first-order valence-corrected chi connectivity index (χ1v) is 5.17. The van der Waals surface area contributed by atoms with Gasteiger partial charge in [-0.3, -0.25) is 4.68 Å². The van der Waals surface area contributed by atoms with E-state index in [-0.39, 0.29) is 0 Å². The number of nitrogens with zero attached hydrogens (tertiary/aromatic N) is 3. The van der Waals surface area contributed by atoms with E-state index >= 15 is 0 Å². The van der Waals surface area contributed by atoms with Crippen LogP contribution in [0.1, 0.15) is 37.3 Å². The van der Waals surface area contributed by atoms with E-state index in [1.165, 1.54) is 18.4 Å². The van der Waals surface area contributed by atoms with Gasteiger partial charge >= 0.3 is 0 Å². The molecule has 1 aromatic rings. The van der Waals surface area contributed by atoms with Crippen molar-refractivity contribution in [2.45, 2.75) is 38.6 Å². The van der Waals surface area contributed by atoms with Crippen molar-refractivity contribution >= 4 is 0 Å². The Kier molecular flexibility index (Phi) is 2.53. The molecule has 74 valence electrons. The largest absolute Gasteiger partial charge is 0.268 e. The van der Waals surface area contributed by atoms with Crippen molar-refractivity contribution in [1.82, 2.24) is 9.78 Å². The summed E-state index contributed by atoms with van der Waals surface area (Å²) in [6, 6.07) is 2.54. The lowest BCUT2D eigenvalue weighted by atomic mass is 10.1. The second-order valence-corrected chi connectivity index (χ2v) is 4.19. The smallest absolute Gasteiger partial charge is 0.0651 e. The summed E-state index contributed by atoms with van der Waals surface area (Å²) in [6.07, 6.45) is 8.26. The molecule has 1 atom stereocenters. The van der Waals surface area contributed by atoms with Crippen LogP contribution in [-0.4, -0.2) is 9.78 Å². The Balaban J connectivity index is 2.05. The number of aromatic nitrogens is 2. The molecule has 0 aliphatic heterocycles. The molecule has 1 aliphatic rings. The lowest BCUT2D eigenvalue weighted by Crippen LogP contribution is -2.09. The zero-order chi connectivity index (χ0) is 9.97. The van der Waals surface area contributed by atoms with Crippen LogP contribution in [0.3, 0.4) is 0 Å². The van der Waals surface area contributed by atoms with Gasteiger partial charge in [-0.1, -0.05) is 12.8 Å². The van der Waals surface area contributed by atoms with Gasteiger partial charge in [0.05, 0.1) is 24.7 Å². The van der Waals surface area contributed by atoms with Crippen LogP contribution in [0.4, 0.5) is 0 Å². The van der Waals surface area contributed by atoms with Gasteiger partial charge in [0.2, 0.25) is 0 Å². The molecule has 1 fully saturated rings. The quantitative estimate of drug-likeness (QED) is 0.730. The minimum Gasteiger partial charge on any atom is -0.268 e. The van der Waals surface area contributed by atoms with Crippen LogP contribution in [0.5, 0.6) is 0 Å². The number of nitriles is 1. The molecule has 0 radical (unpaired) electrons. The zero-order valence-corrected chi connectivity index (χ0v) is 8.48. The highest BCUT2D eigenvalue weighted by atomic mass is 15.3. The van der Waals surface area contributed by atoms with Crippen LogP contribution >= 0.6 is 0 Å². The van der Waals surface area contributed by atoms with Crippen LogP contribution < -0.4 is 0 Å². The molecular formula is C11H15N3. The number of aryl methyl sites for hydroxylation is 1. The van der Waals surface area contributed by atoms with Crippen molar-refractivity contribution in [3.05, 3.63) is 18.0 Å². The third-order valence-corrected chi connectivity index (χ3v) is 2.73. The van der Waals surface area contributed by atoms with E-state index in [2.05, 4.69) is 11.2 Å². The van der Waals surface area contributed by atoms with E-state index in [0.29, 0.717) is 12.5 Å². The van der Waals surface area contributed by atoms with Gasteiger partial charge in [-0.15, -0.1) is 0 Å². The number of hydrogen-bond donors (Lipinski definition) is 0. The lowest BCUT2D eigenvalue weighted by molar-refractivity contribution is 0.410. The predicted molar refractivity (Wildman–Crippen MR) is 53.6 cm³/mol. The second kappa shape index (κ2) is 3.83. The summed E-state index contributed by atoms with van der Waals surface area (Å²) in [5.41, 5.74) is 1.17. The molecule has 3 heteroatoms. The monoisotopic (exact) mass is 189 g/mol. The van der Waals surface area contributed by atoms with E-state index in [4.69, 9.17) is 5.26 Å². The molecule has 0 amide bonds. The summed E-state index contributed by atoms with van der Waals surface area (Å²) in [7, 11) is 0. The zero-order valence-electron chi connectivity index (χ0n) is 8.48. The molecule has 0 saturated heterocycles.